The van der Waals surface area contributed by atoms with E-state index < -0.39 is 6.04 Å². The van der Waals surface area contributed by atoms with Crippen LogP contribution in [-0.4, -0.2) is 13.1 Å². The molecule has 1 unspecified atom stereocenters. The molecule has 2 aromatic carbocycles. The lowest BCUT2D eigenvalue weighted by Gasteiger charge is -2.21. The molecule has 2 aromatic rings. The number of halogens is 1. The number of esters is 1. The van der Waals surface area contributed by atoms with Crippen LogP contribution in [0.3, 0.4) is 0 Å². The molecule has 0 fully saturated rings. The van der Waals surface area contributed by atoms with Gasteiger partial charge in [-0.15, -0.1) is 0 Å². The summed E-state index contributed by atoms with van der Waals surface area (Å²) >= 11 is 3.40. The van der Waals surface area contributed by atoms with Gasteiger partial charge in [-0.05, 0) is 54.8 Å². The van der Waals surface area contributed by atoms with Gasteiger partial charge < -0.3 is 10.1 Å². The van der Waals surface area contributed by atoms with Gasteiger partial charge in [-0.3, -0.25) is 0 Å². The van der Waals surface area contributed by atoms with E-state index in [0.29, 0.717) is 0 Å². The lowest BCUT2D eigenvalue weighted by atomic mass is 9.96. The topological polar surface area (TPSA) is 38.3 Å². The Bertz CT molecular complexity index is 617. The Morgan fingerprint density at radius 2 is 1.67 bits per heavy atom. The SMILES string of the molecule is COC(=O)C(Nc1ccc(Br)cc1)c1c(C)cccc1C. The third-order valence-corrected chi connectivity index (χ3v) is 3.95. The van der Waals surface area contributed by atoms with Gasteiger partial charge in [-0.1, -0.05) is 34.1 Å². The van der Waals surface area contributed by atoms with Crippen LogP contribution < -0.4 is 5.32 Å². The van der Waals surface area contributed by atoms with Crippen LogP contribution in [0.25, 0.3) is 0 Å². The Hall–Kier alpha value is -1.81. The van der Waals surface area contributed by atoms with Gasteiger partial charge >= 0.3 is 5.97 Å². The Balaban J connectivity index is 2.39. The minimum atomic E-state index is -0.516. The molecule has 0 heterocycles. The summed E-state index contributed by atoms with van der Waals surface area (Å²) in [4.78, 5) is 12.2. The molecular weight excluding hydrogens is 330 g/mol. The maximum Gasteiger partial charge on any atom is 0.333 e. The van der Waals surface area contributed by atoms with Gasteiger partial charge in [-0.2, -0.15) is 0 Å². The quantitative estimate of drug-likeness (QED) is 0.833. The van der Waals surface area contributed by atoms with Crippen molar-refractivity contribution in [3.05, 3.63) is 63.6 Å². The minimum absolute atomic E-state index is 0.296. The van der Waals surface area contributed by atoms with Crippen molar-refractivity contribution < 1.29 is 9.53 Å². The van der Waals surface area contributed by atoms with Crippen molar-refractivity contribution in [1.82, 2.24) is 0 Å². The number of hydrogen-bond acceptors (Lipinski definition) is 3. The van der Waals surface area contributed by atoms with E-state index in [0.717, 1.165) is 26.9 Å². The molecule has 0 radical (unpaired) electrons. The van der Waals surface area contributed by atoms with Crippen molar-refractivity contribution in [3.8, 4) is 0 Å². The molecule has 110 valence electrons. The number of hydrogen-bond donors (Lipinski definition) is 1. The predicted molar refractivity (Wildman–Crippen MR) is 88.4 cm³/mol. The predicted octanol–water partition coefficient (Wildman–Crippen LogP) is 4.39. The van der Waals surface area contributed by atoms with Crippen molar-refractivity contribution in [2.45, 2.75) is 19.9 Å². The van der Waals surface area contributed by atoms with Crippen LogP contribution in [0.15, 0.2) is 46.9 Å². The van der Waals surface area contributed by atoms with Crippen molar-refractivity contribution >= 4 is 27.6 Å². The van der Waals surface area contributed by atoms with E-state index in [2.05, 4.69) is 21.2 Å². The van der Waals surface area contributed by atoms with Crippen molar-refractivity contribution in [2.75, 3.05) is 12.4 Å². The van der Waals surface area contributed by atoms with E-state index in [1.54, 1.807) is 0 Å². The average molecular weight is 348 g/mol. The Morgan fingerprint density at radius 3 is 2.19 bits per heavy atom. The third-order valence-electron chi connectivity index (χ3n) is 3.42. The number of carbonyl (C=O) groups excluding carboxylic acids is 1. The molecule has 4 heteroatoms. The molecule has 1 atom stereocenters. The minimum Gasteiger partial charge on any atom is -0.467 e. The van der Waals surface area contributed by atoms with Crippen LogP contribution in [0.4, 0.5) is 5.69 Å². The molecule has 0 spiro atoms. The maximum absolute atomic E-state index is 12.2. The van der Waals surface area contributed by atoms with Crippen molar-refractivity contribution in [2.24, 2.45) is 0 Å². The van der Waals surface area contributed by atoms with Gasteiger partial charge in [-0.25, -0.2) is 4.79 Å². The Kier molecular flexibility index (Phi) is 5.02. The summed E-state index contributed by atoms with van der Waals surface area (Å²) in [6.07, 6.45) is 0. The number of carbonyl (C=O) groups is 1. The highest BCUT2D eigenvalue weighted by atomic mass is 79.9. The van der Waals surface area contributed by atoms with Gasteiger partial charge in [0.25, 0.3) is 0 Å². The van der Waals surface area contributed by atoms with Crippen LogP contribution in [-0.2, 0) is 9.53 Å². The summed E-state index contributed by atoms with van der Waals surface area (Å²) in [5.41, 5.74) is 3.97. The fourth-order valence-electron chi connectivity index (χ4n) is 2.36. The summed E-state index contributed by atoms with van der Waals surface area (Å²) in [7, 11) is 1.41. The van der Waals surface area contributed by atoms with Gasteiger partial charge in [0.15, 0.2) is 6.04 Å². The molecule has 0 aliphatic rings. The van der Waals surface area contributed by atoms with Crippen LogP contribution in [0, 0.1) is 13.8 Å². The zero-order valence-corrected chi connectivity index (χ0v) is 13.9. The van der Waals surface area contributed by atoms with Crippen LogP contribution >= 0.6 is 15.9 Å². The number of nitrogens with one attached hydrogen (secondary N) is 1. The summed E-state index contributed by atoms with van der Waals surface area (Å²) in [5, 5.41) is 3.26. The first-order valence-corrected chi connectivity index (χ1v) is 7.48. The molecule has 0 aliphatic carbocycles. The summed E-state index contributed by atoms with van der Waals surface area (Å²) in [6.45, 7) is 4.00. The maximum atomic E-state index is 12.2. The average Bonchev–Trinajstić information content (AvgIpc) is 2.47. The molecular formula is C17H18BrNO2. The Labute approximate surface area is 133 Å². The van der Waals surface area contributed by atoms with Gasteiger partial charge in [0.2, 0.25) is 0 Å². The van der Waals surface area contributed by atoms with Crippen molar-refractivity contribution in [1.29, 1.82) is 0 Å². The van der Waals surface area contributed by atoms with Crippen molar-refractivity contribution in [3.63, 3.8) is 0 Å². The third kappa shape index (κ3) is 3.64. The smallest absolute Gasteiger partial charge is 0.333 e. The monoisotopic (exact) mass is 347 g/mol. The largest absolute Gasteiger partial charge is 0.467 e. The number of anilines is 1. The number of rotatable bonds is 4. The summed E-state index contributed by atoms with van der Waals surface area (Å²) < 4.78 is 5.96. The number of ether oxygens (including phenoxy) is 1. The fraction of sp³-hybridized carbons (Fsp3) is 0.235. The fourth-order valence-corrected chi connectivity index (χ4v) is 2.63. The first-order chi connectivity index (χ1) is 10.0. The highest BCUT2D eigenvalue weighted by Crippen LogP contribution is 2.27. The van der Waals surface area contributed by atoms with E-state index in [9.17, 15) is 4.79 Å². The van der Waals surface area contributed by atoms with Crippen LogP contribution in [0.2, 0.25) is 0 Å². The molecule has 0 aromatic heterocycles. The number of aryl methyl sites for hydroxylation is 2. The molecule has 1 N–H and O–H groups in total. The summed E-state index contributed by atoms with van der Waals surface area (Å²) in [6, 6.07) is 13.2. The van der Waals surface area contributed by atoms with Gasteiger partial charge in [0, 0.05) is 10.2 Å². The second-order valence-electron chi connectivity index (χ2n) is 4.91. The molecule has 2 rings (SSSR count). The molecule has 3 nitrogen and oxygen atoms in total. The lowest BCUT2D eigenvalue weighted by Crippen LogP contribution is -2.24. The Morgan fingerprint density at radius 1 is 1.10 bits per heavy atom. The number of methoxy groups -OCH3 is 1. The van der Waals surface area contributed by atoms with Crippen LogP contribution in [0.5, 0.6) is 0 Å². The zero-order chi connectivity index (χ0) is 15.4. The first kappa shape index (κ1) is 15.6. The van der Waals surface area contributed by atoms with Gasteiger partial charge in [0.05, 0.1) is 7.11 Å². The number of benzene rings is 2. The van der Waals surface area contributed by atoms with E-state index in [1.807, 2.05) is 56.3 Å². The molecule has 0 saturated carbocycles. The normalized spacial score (nSPS) is 11.8. The van der Waals surface area contributed by atoms with E-state index >= 15 is 0 Å². The molecule has 21 heavy (non-hydrogen) atoms. The molecule has 0 saturated heterocycles. The summed E-state index contributed by atoms with van der Waals surface area (Å²) in [5.74, 6) is -0.296. The van der Waals surface area contributed by atoms with Gasteiger partial charge in [0.1, 0.15) is 0 Å². The highest BCUT2D eigenvalue weighted by Gasteiger charge is 2.24. The lowest BCUT2D eigenvalue weighted by molar-refractivity contribution is -0.141. The second kappa shape index (κ2) is 6.76. The first-order valence-electron chi connectivity index (χ1n) is 6.69. The second-order valence-corrected chi connectivity index (χ2v) is 5.83. The van der Waals surface area contributed by atoms with Crippen LogP contribution in [0.1, 0.15) is 22.7 Å². The molecule has 0 bridgehead atoms. The molecule has 0 aliphatic heterocycles. The standard InChI is InChI=1S/C17H18BrNO2/c1-11-5-4-6-12(2)15(11)16(17(20)21-3)19-14-9-7-13(18)8-10-14/h4-10,16,19H,1-3H3. The van der Waals surface area contributed by atoms with E-state index in [1.165, 1.54) is 7.11 Å². The highest BCUT2D eigenvalue weighted by molar-refractivity contribution is 9.10. The van der Waals surface area contributed by atoms with E-state index in [-0.39, 0.29) is 5.97 Å². The van der Waals surface area contributed by atoms with E-state index in [4.69, 9.17) is 4.74 Å². The molecule has 0 amide bonds. The zero-order valence-electron chi connectivity index (χ0n) is 12.3.